The van der Waals surface area contributed by atoms with Crippen LogP contribution in [-0.4, -0.2) is 18.1 Å². The number of hydrogen-bond acceptors (Lipinski definition) is 4. The summed E-state index contributed by atoms with van der Waals surface area (Å²) >= 11 is 0. The highest BCUT2D eigenvalue weighted by molar-refractivity contribution is 5.88. The molecule has 0 aliphatic carbocycles. The van der Waals surface area contributed by atoms with Crippen molar-refractivity contribution in [2.75, 3.05) is 24.1 Å². The maximum absolute atomic E-state index is 6.02. The van der Waals surface area contributed by atoms with E-state index in [0.717, 1.165) is 29.7 Å². The van der Waals surface area contributed by atoms with Crippen LogP contribution in [0.3, 0.4) is 0 Å². The van der Waals surface area contributed by atoms with E-state index in [4.69, 9.17) is 11.5 Å². The van der Waals surface area contributed by atoms with Crippen LogP contribution in [0.2, 0.25) is 0 Å². The summed E-state index contributed by atoms with van der Waals surface area (Å²) in [5.74, 6) is 0.751. The van der Waals surface area contributed by atoms with Gasteiger partial charge in [-0.05, 0) is 50.1 Å². The molecule has 0 bridgehead atoms. The number of aryl methyl sites for hydroxylation is 2. The lowest BCUT2D eigenvalue weighted by atomic mass is 10.1. The number of pyridine rings is 1. The van der Waals surface area contributed by atoms with Gasteiger partial charge in [-0.15, -0.1) is 0 Å². The summed E-state index contributed by atoms with van der Waals surface area (Å²) in [5, 5.41) is 4.34. The van der Waals surface area contributed by atoms with Gasteiger partial charge >= 0.3 is 0 Å². The van der Waals surface area contributed by atoms with Crippen molar-refractivity contribution in [3.8, 4) is 0 Å². The van der Waals surface area contributed by atoms with E-state index in [1.54, 1.807) is 0 Å². The van der Waals surface area contributed by atoms with Crippen molar-refractivity contribution in [2.24, 2.45) is 5.73 Å². The van der Waals surface area contributed by atoms with Crippen molar-refractivity contribution >= 4 is 22.4 Å². The second-order valence-electron chi connectivity index (χ2n) is 4.64. The Morgan fingerprint density at radius 2 is 2.00 bits per heavy atom. The number of nitrogens with zero attached hydrogens (tertiary/aromatic N) is 1. The van der Waals surface area contributed by atoms with Gasteiger partial charge in [-0.2, -0.15) is 0 Å². The van der Waals surface area contributed by atoms with Crippen molar-refractivity contribution in [1.82, 2.24) is 4.98 Å². The molecule has 0 aliphatic heterocycles. The van der Waals surface area contributed by atoms with E-state index < -0.39 is 0 Å². The molecule has 2 aromatic rings. The number of aromatic nitrogens is 1. The largest absolute Gasteiger partial charge is 0.396 e. The van der Waals surface area contributed by atoms with Crippen LogP contribution in [0.5, 0.6) is 0 Å². The summed E-state index contributed by atoms with van der Waals surface area (Å²) in [5.41, 5.74) is 15.6. The number of benzene rings is 1. The molecule has 18 heavy (non-hydrogen) atoms. The quantitative estimate of drug-likeness (QED) is 0.720. The zero-order valence-corrected chi connectivity index (χ0v) is 11.0. The van der Waals surface area contributed by atoms with Gasteiger partial charge in [-0.3, -0.25) is 0 Å². The van der Waals surface area contributed by atoms with E-state index in [9.17, 15) is 0 Å². The van der Waals surface area contributed by atoms with Gasteiger partial charge in [0.2, 0.25) is 0 Å². The minimum absolute atomic E-state index is 0.665. The fraction of sp³-hybridized carbons (Fsp3) is 0.357. The summed E-state index contributed by atoms with van der Waals surface area (Å²) in [7, 11) is 0. The average Bonchev–Trinajstić information content (AvgIpc) is 2.31. The normalized spacial score (nSPS) is 10.8. The molecule has 0 fully saturated rings. The first-order valence-electron chi connectivity index (χ1n) is 6.23. The molecule has 0 atom stereocenters. The molecule has 96 valence electrons. The van der Waals surface area contributed by atoms with Crippen LogP contribution in [0.15, 0.2) is 18.2 Å². The number of fused-ring (bicyclic) bond motifs is 1. The number of nitrogen functional groups attached to an aromatic ring is 1. The van der Waals surface area contributed by atoms with Crippen molar-refractivity contribution in [1.29, 1.82) is 0 Å². The van der Waals surface area contributed by atoms with Gasteiger partial charge in [-0.1, -0.05) is 6.07 Å². The third-order valence-electron chi connectivity index (χ3n) is 2.99. The van der Waals surface area contributed by atoms with Crippen LogP contribution in [0, 0.1) is 13.8 Å². The molecule has 1 aromatic heterocycles. The summed E-state index contributed by atoms with van der Waals surface area (Å²) in [4.78, 5) is 4.59. The van der Waals surface area contributed by atoms with Gasteiger partial charge < -0.3 is 16.8 Å². The smallest absolute Gasteiger partial charge is 0.149 e. The van der Waals surface area contributed by atoms with Gasteiger partial charge in [0.25, 0.3) is 0 Å². The molecule has 4 nitrogen and oxygen atoms in total. The first-order chi connectivity index (χ1) is 8.61. The van der Waals surface area contributed by atoms with Gasteiger partial charge in [0.1, 0.15) is 5.82 Å². The predicted octanol–water partition coefficient (Wildman–Crippen LogP) is 2.19. The maximum Gasteiger partial charge on any atom is 0.149 e. The van der Waals surface area contributed by atoms with Gasteiger partial charge in [0.15, 0.2) is 0 Å². The molecule has 1 aromatic carbocycles. The molecule has 0 saturated carbocycles. The van der Waals surface area contributed by atoms with Gasteiger partial charge in [0.05, 0.1) is 11.2 Å². The third kappa shape index (κ3) is 2.54. The van der Waals surface area contributed by atoms with Crippen LogP contribution < -0.4 is 16.8 Å². The zero-order valence-electron chi connectivity index (χ0n) is 11.0. The summed E-state index contributed by atoms with van der Waals surface area (Å²) in [6.45, 7) is 5.62. The average molecular weight is 244 g/mol. The van der Waals surface area contributed by atoms with Crippen molar-refractivity contribution in [3.63, 3.8) is 0 Å². The molecule has 0 radical (unpaired) electrons. The Morgan fingerprint density at radius 1 is 1.22 bits per heavy atom. The molecule has 0 amide bonds. The molecule has 4 heteroatoms. The maximum atomic E-state index is 6.02. The SMILES string of the molecule is Cc1cc(C)c2cc(N)c(NCCCN)nc2c1. The van der Waals surface area contributed by atoms with Crippen LogP contribution >= 0.6 is 0 Å². The van der Waals surface area contributed by atoms with Crippen LogP contribution in [0.25, 0.3) is 10.9 Å². The first-order valence-corrected chi connectivity index (χ1v) is 6.23. The highest BCUT2D eigenvalue weighted by atomic mass is 15.0. The summed E-state index contributed by atoms with van der Waals surface area (Å²) < 4.78 is 0. The van der Waals surface area contributed by atoms with Crippen molar-refractivity contribution in [3.05, 3.63) is 29.3 Å². The predicted molar refractivity (Wildman–Crippen MR) is 77.8 cm³/mol. The molecule has 5 N–H and O–H groups in total. The number of rotatable bonds is 4. The number of nitrogens with one attached hydrogen (secondary N) is 1. The van der Waals surface area contributed by atoms with E-state index in [0.29, 0.717) is 12.2 Å². The molecule has 0 aliphatic rings. The molecule has 0 spiro atoms. The molecule has 0 saturated heterocycles. The lowest BCUT2D eigenvalue weighted by Gasteiger charge is -2.11. The minimum Gasteiger partial charge on any atom is -0.396 e. The number of hydrogen-bond donors (Lipinski definition) is 3. The molecule has 0 unspecified atom stereocenters. The fourth-order valence-corrected chi connectivity index (χ4v) is 2.10. The lowest BCUT2D eigenvalue weighted by Crippen LogP contribution is -2.10. The number of nitrogens with two attached hydrogens (primary N) is 2. The fourth-order valence-electron chi connectivity index (χ4n) is 2.10. The van der Waals surface area contributed by atoms with E-state index in [1.165, 1.54) is 11.1 Å². The van der Waals surface area contributed by atoms with Gasteiger partial charge in [0, 0.05) is 11.9 Å². The monoisotopic (exact) mass is 244 g/mol. The van der Waals surface area contributed by atoms with Crippen molar-refractivity contribution in [2.45, 2.75) is 20.3 Å². The summed E-state index contributed by atoms with van der Waals surface area (Å²) in [6, 6.07) is 6.21. The lowest BCUT2D eigenvalue weighted by molar-refractivity contribution is 0.871. The van der Waals surface area contributed by atoms with Crippen LogP contribution in [-0.2, 0) is 0 Å². The Morgan fingerprint density at radius 3 is 2.72 bits per heavy atom. The Hall–Kier alpha value is -1.81. The van der Waals surface area contributed by atoms with E-state index in [-0.39, 0.29) is 0 Å². The van der Waals surface area contributed by atoms with Gasteiger partial charge in [-0.25, -0.2) is 4.98 Å². The highest BCUT2D eigenvalue weighted by Crippen LogP contribution is 2.25. The van der Waals surface area contributed by atoms with E-state index >= 15 is 0 Å². The Bertz CT molecular complexity index is 563. The first kappa shape index (κ1) is 12.6. The molecule has 1 heterocycles. The standard InChI is InChI=1S/C14H20N4/c1-9-6-10(2)11-8-12(16)14(17-5-3-4-15)18-13(11)7-9/h6-8H,3-5,15-16H2,1-2H3,(H,17,18). The topological polar surface area (TPSA) is 77.0 Å². The number of anilines is 2. The third-order valence-corrected chi connectivity index (χ3v) is 2.99. The zero-order chi connectivity index (χ0) is 13.1. The van der Waals surface area contributed by atoms with Crippen LogP contribution in [0.1, 0.15) is 17.5 Å². The Labute approximate surface area is 107 Å². The Balaban J connectivity index is 2.41. The molecular formula is C14H20N4. The second kappa shape index (κ2) is 5.23. The second-order valence-corrected chi connectivity index (χ2v) is 4.64. The van der Waals surface area contributed by atoms with E-state index in [1.807, 2.05) is 6.07 Å². The Kier molecular flexibility index (Phi) is 3.67. The molecule has 2 rings (SSSR count). The van der Waals surface area contributed by atoms with Crippen LogP contribution in [0.4, 0.5) is 11.5 Å². The highest BCUT2D eigenvalue weighted by Gasteiger charge is 2.06. The molecular weight excluding hydrogens is 224 g/mol. The minimum atomic E-state index is 0.665. The summed E-state index contributed by atoms with van der Waals surface area (Å²) in [6.07, 6.45) is 0.909. The van der Waals surface area contributed by atoms with Crippen molar-refractivity contribution < 1.29 is 0 Å². The van der Waals surface area contributed by atoms with E-state index in [2.05, 4.69) is 36.3 Å².